The summed E-state index contributed by atoms with van der Waals surface area (Å²) in [7, 11) is 1.61. The highest BCUT2D eigenvalue weighted by molar-refractivity contribution is 5.42. The maximum Gasteiger partial charge on any atom is 0.188 e. The summed E-state index contributed by atoms with van der Waals surface area (Å²) in [4.78, 5) is 0. The van der Waals surface area contributed by atoms with Crippen molar-refractivity contribution in [3.8, 4) is 11.5 Å². The highest BCUT2D eigenvalue weighted by atomic mass is 16.7. The lowest BCUT2D eigenvalue weighted by Crippen LogP contribution is -1.98. The summed E-state index contributed by atoms with van der Waals surface area (Å²) in [5, 5.41) is 0. The van der Waals surface area contributed by atoms with E-state index >= 15 is 0 Å². The molecule has 1 aliphatic heterocycles. The minimum absolute atomic E-state index is 0.291. The number of benzene rings is 1. The molecule has 0 saturated carbocycles. The van der Waals surface area contributed by atoms with Gasteiger partial charge in [-0.25, -0.2) is 0 Å². The first-order valence-corrected chi connectivity index (χ1v) is 4.27. The van der Waals surface area contributed by atoms with Crippen molar-refractivity contribution in [1.82, 2.24) is 0 Å². The van der Waals surface area contributed by atoms with Crippen LogP contribution in [-0.4, -0.2) is 20.5 Å². The van der Waals surface area contributed by atoms with Gasteiger partial charge in [0.1, 0.15) is 11.5 Å². The number of hydrogen-bond donors (Lipinski definition) is 0. The van der Waals surface area contributed by atoms with Gasteiger partial charge >= 0.3 is 0 Å². The lowest BCUT2D eigenvalue weighted by Gasteiger charge is -2.05. The molecule has 70 valence electrons. The molecule has 1 aromatic rings. The van der Waals surface area contributed by atoms with Crippen molar-refractivity contribution >= 4 is 0 Å². The molecule has 0 N–H and O–H groups in total. The number of fused-ring (bicyclic) bond motifs is 1. The van der Waals surface area contributed by atoms with Crippen LogP contribution in [0.2, 0.25) is 0 Å². The molecule has 0 fully saturated rings. The zero-order valence-electron chi connectivity index (χ0n) is 7.58. The van der Waals surface area contributed by atoms with Gasteiger partial charge in [-0.15, -0.1) is 0 Å². The number of methoxy groups -OCH3 is 1. The van der Waals surface area contributed by atoms with Gasteiger partial charge in [0, 0.05) is 19.1 Å². The van der Waals surface area contributed by atoms with E-state index in [1.54, 1.807) is 7.11 Å². The zero-order valence-corrected chi connectivity index (χ0v) is 7.58. The summed E-state index contributed by atoms with van der Waals surface area (Å²) in [6, 6.07) is 5.83. The van der Waals surface area contributed by atoms with Crippen LogP contribution >= 0.6 is 0 Å². The molecule has 0 bridgehead atoms. The quantitative estimate of drug-likeness (QED) is 0.661. The fourth-order valence-electron chi connectivity index (χ4n) is 1.38. The van der Waals surface area contributed by atoms with Crippen LogP contribution in [0.4, 0.5) is 0 Å². The Morgan fingerprint density at radius 2 is 2.38 bits per heavy atom. The average molecular weight is 180 g/mol. The van der Waals surface area contributed by atoms with Crippen LogP contribution in [-0.2, 0) is 11.2 Å². The van der Waals surface area contributed by atoms with Gasteiger partial charge in [0.15, 0.2) is 6.79 Å². The van der Waals surface area contributed by atoms with Gasteiger partial charge in [0.05, 0.1) is 6.61 Å². The van der Waals surface area contributed by atoms with Gasteiger partial charge < -0.3 is 14.2 Å². The molecular weight excluding hydrogens is 168 g/mol. The van der Waals surface area contributed by atoms with Crippen molar-refractivity contribution in [2.24, 2.45) is 0 Å². The second kappa shape index (κ2) is 3.66. The summed E-state index contributed by atoms with van der Waals surface area (Å²) in [5.74, 6) is 1.82. The molecule has 1 aromatic carbocycles. The highest BCUT2D eigenvalue weighted by Gasteiger charge is 2.11. The van der Waals surface area contributed by atoms with Crippen LogP contribution in [0.15, 0.2) is 18.2 Å². The number of ether oxygens (including phenoxy) is 3. The van der Waals surface area contributed by atoms with Gasteiger partial charge in [-0.05, 0) is 18.2 Å². The van der Waals surface area contributed by atoms with E-state index in [1.807, 2.05) is 18.2 Å². The van der Waals surface area contributed by atoms with Crippen molar-refractivity contribution in [1.29, 1.82) is 0 Å². The Labute approximate surface area is 77.2 Å². The second-order valence-electron chi connectivity index (χ2n) is 2.92. The third kappa shape index (κ3) is 1.75. The van der Waals surface area contributed by atoms with Gasteiger partial charge in [-0.3, -0.25) is 0 Å². The van der Waals surface area contributed by atoms with E-state index in [2.05, 4.69) is 0 Å². The van der Waals surface area contributed by atoms with Crippen LogP contribution in [0.3, 0.4) is 0 Å². The van der Waals surface area contributed by atoms with Crippen LogP contribution in [0.25, 0.3) is 0 Å². The van der Waals surface area contributed by atoms with E-state index in [4.69, 9.17) is 14.2 Å². The van der Waals surface area contributed by atoms with E-state index in [0.29, 0.717) is 6.79 Å². The van der Waals surface area contributed by atoms with Crippen molar-refractivity contribution < 1.29 is 14.2 Å². The zero-order chi connectivity index (χ0) is 9.10. The van der Waals surface area contributed by atoms with E-state index in [-0.39, 0.29) is 0 Å². The lowest BCUT2D eigenvalue weighted by atomic mass is 10.2. The smallest absolute Gasteiger partial charge is 0.188 e. The summed E-state index contributed by atoms with van der Waals surface area (Å²) in [6.45, 7) is 1.07. The van der Waals surface area contributed by atoms with E-state index in [9.17, 15) is 0 Å². The SMILES string of the molecule is COCOc1ccc2c(c1)CCO2. The third-order valence-corrected chi connectivity index (χ3v) is 2.00. The molecular formula is C10H12O3. The first-order valence-electron chi connectivity index (χ1n) is 4.27. The summed E-state index contributed by atoms with van der Waals surface area (Å²) in [5.41, 5.74) is 1.22. The van der Waals surface area contributed by atoms with Gasteiger partial charge in [0.25, 0.3) is 0 Å². The predicted molar refractivity (Wildman–Crippen MR) is 48.1 cm³/mol. The summed E-state index contributed by atoms with van der Waals surface area (Å²) < 4.78 is 15.5. The Hall–Kier alpha value is -1.22. The Morgan fingerprint density at radius 3 is 3.23 bits per heavy atom. The third-order valence-electron chi connectivity index (χ3n) is 2.00. The second-order valence-corrected chi connectivity index (χ2v) is 2.92. The number of rotatable bonds is 3. The maximum absolute atomic E-state index is 5.37. The van der Waals surface area contributed by atoms with Crippen molar-refractivity contribution in [2.45, 2.75) is 6.42 Å². The molecule has 3 nitrogen and oxygen atoms in total. The molecule has 0 amide bonds. The normalized spacial score (nSPS) is 13.6. The molecule has 13 heavy (non-hydrogen) atoms. The van der Waals surface area contributed by atoms with Gasteiger partial charge in [-0.1, -0.05) is 0 Å². The molecule has 1 heterocycles. The summed E-state index contributed by atoms with van der Waals surface area (Å²) >= 11 is 0. The molecule has 0 spiro atoms. The predicted octanol–water partition coefficient (Wildman–Crippen LogP) is 1.60. The standard InChI is InChI=1S/C10H12O3/c1-11-7-13-9-2-3-10-8(6-9)4-5-12-10/h2-3,6H,4-5,7H2,1H3. The highest BCUT2D eigenvalue weighted by Crippen LogP contribution is 2.28. The van der Waals surface area contributed by atoms with E-state index in [1.165, 1.54) is 5.56 Å². The topological polar surface area (TPSA) is 27.7 Å². The van der Waals surface area contributed by atoms with E-state index < -0.39 is 0 Å². The number of hydrogen-bond acceptors (Lipinski definition) is 3. The Kier molecular flexibility index (Phi) is 2.36. The molecule has 0 aliphatic carbocycles. The summed E-state index contributed by atoms with van der Waals surface area (Å²) in [6.07, 6.45) is 0.972. The molecule has 0 saturated heterocycles. The molecule has 3 heteroatoms. The first kappa shape index (κ1) is 8.38. The first-order chi connectivity index (χ1) is 6.40. The van der Waals surface area contributed by atoms with E-state index in [0.717, 1.165) is 24.5 Å². The monoisotopic (exact) mass is 180 g/mol. The van der Waals surface area contributed by atoms with Gasteiger partial charge in [-0.2, -0.15) is 0 Å². The fraction of sp³-hybridized carbons (Fsp3) is 0.400. The van der Waals surface area contributed by atoms with Crippen molar-refractivity contribution in [3.05, 3.63) is 23.8 Å². The Morgan fingerprint density at radius 1 is 1.46 bits per heavy atom. The molecule has 0 radical (unpaired) electrons. The fourth-order valence-corrected chi connectivity index (χ4v) is 1.38. The van der Waals surface area contributed by atoms with Crippen molar-refractivity contribution in [2.75, 3.05) is 20.5 Å². The van der Waals surface area contributed by atoms with Crippen molar-refractivity contribution in [3.63, 3.8) is 0 Å². The molecule has 1 aliphatic rings. The van der Waals surface area contributed by atoms with Crippen LogP contribution in [0, 0.1) is 0 Å². The maximum atomic E-state index is 5.37. The minimum Gasteiger partial charge on any atom is -0.493 e. The minimum atomic E-state index is 0.291. The lowest BCUT2D eigenvalue weighted by molar-refractivity contribution is 0.0511. The Bertz CT molecular complexity index is 296. The van der Waals surface area contributed by atoms with Gasteiger partial charge in [0.2, 0.25) is 0 Å². The largest absolute Gasteiger partial charge is 0.493 e. The average Bonchev–Trinajstić information content (AvgIpc) is 2.61. The van der Waals surface area contributed by atoms with Crippen LogP contribution in [0.5, 0.6) is 11.5 Å². The Balaban J connectivity index is 2.12. The molecule has 0 aromatic heterocycles. The van der Waals surface area contributed by atoms with Crippen LogP contribution in [0.1, 0.15) is 5.56 Å². The van der Waals surface area contributed by atoms with Crippen LogP contribution < -0.4 is 9.47 Å². The molecule has 2 rings (SSSR count). The molecule has 0 atom stereocenters. The molecule has 0 unspecified atom stereocenters.